The van der Waals surface area contributed by atoms with E-state index in [2.05, 4.69) is 31.7 Å². The highest BCUT2D eigenvalue weighted by atomic mass is 32.2. The highest BCUT2D eigenvalue weighted by Gasteiger charge is 2.23. The normalized spacial score (nSPS) is 37.7. The number of piperidine rings is 1. The van der Waals surface area contributed by atoms with E-state index in [0.717, 1.165) is 5.92 Å². The van der Waals surface area contributed by atoms with Crippen LogP contribution >= 0.6 is 0 Å². The maximum absolute atomic E-state index is 4.81. The molecule has 1 rings (SSSR count). The Kier molecular flexibility index (Phi) is 3.72. The summed E-state index contributed by atoms with van der Waals surface area (Å²) in [7, 11) is -0.404. The van der Waals surface area contributed by atoms with Gasteiger partial charge in [-0.2, -0.15) is 0 Å². The lowest BCUT2D eigenvalue weighted by molar-refractivity contribution is 0.305. The maximum atomic E-state index is 4.81. The molecule has 0 aliphatic carbocycles. The standard InChI is InChI=1S/C9H22N2S/c1-7-5-9(11-12(3)4)8(2)10-6-7/h7-10H,5-6,12H2,1-4H3. The van der Waals surface area contributed by atoms with Gasteiger partial charge in [-0.05, 0) is 38.3 Å². The Morgan fingerprint density at radius 2 is 2.00 bits per heavy atom. The molecule has 3 atom stereocenters. The second-order valence-electron chi connectivity index (χ2n) is 4.18. The fourth-order valence-electron chi connectivity index (χ4n) is 1.72. The Hall–Kier alpha value is 0.110. The van der Waals surface area contributed by atoms with Crippen LogP contribution in [0, 0.1) is 5.92 Å². The smallest absolute Gasteiger partial charge is 0.0698 e. The van der Waals surface area contributed by atoms with E-state index >= 15 is 0 Å². The zero-order chi connectivity index (χ0) is 9.14. The highest BCUT2D eigenvalue weighted by Crippen LogP contribution is 2.17. The fraction of sp³-hybridized carbons (Fsp3) is 1.00. The number of rotatable bonds is 1. The van der Waals surface area contributed by atoms with E-state index in [1.807, 2.05) is 0 Å². The van der Waals surface area contributed by atoms with Crippen LogP contribution in [0.25, 0.3) is 0 Å². The minimum absolute atomic E-state index is 0.404. The van der Waals surface area contributed by atoms with Crippen LogP contribution in [0.4, 0.5) is 0 Å². The summed E-state index contributed by atoms with van der Waals surface area (Å²) in [4.78, 5) is 0. The van der Waals surface area contributed by atoms with Gasteiger partial charge in [0, 0.05) is 6.04 Å². The van der Waals surface area contributed by atoms with Gasteiger partial charge in [-0.15, -0.1) is 0 Å². The van der Waals surface area contributed by atoms with Gasteiger partial charge in [-0.3, -0.25) is 4.36 Å². The van der Waals surface area contributed by atoms with Gasteiger partial charge in [0.25, 0.3) is 0 Å². The first-order valence-corrected chi connectivity index (χ1v) is 7.28. The van der Waals surface area contributed by atoms with Crippen molar-refractivity contribution in [1.29, 1.82) is 0 Å². The molecule has 1 aliphatic heterocycles. The van der Waals surface area contributed by atoms with Crippen molar-refractivity contribution in [2.75, 3.05) is 19.1 Å². The van der Waals surface area contributed by atoms with Crippen LogP contribution in [0.5, 0.6) is 0 Å². The first-order valence-electron chi connectivity index (χ1n) is 4.84. The quantitative estimate of drug-likeness (QED) is 0.653. The summed E-state index contributed by atoms with van der Waals surface area (Å²) < 4.78 is 4.81. The summed E-state index contributed by atoms with van der Waals surface area (Å²) in [5.41, 5.74) is 0. The first-order chi connectivity index (χ1) is 5.59. The number of hydrogen-bond acceptors (Lipinski definition) is 2. The third-order valence-electron chi connectivity index (χ3n) is 2.43. The van der Waals surface area contributed by atoms with E-state index in [1.165, 1.54) is 13.0 Å². The lowest BCUT2D eigenvalue weighted by atomic mass is 9.93. The molecule has 1 fully saturated rings. The molecule has 0 aromatic heterocycles. The molecule has 0 aromatic rings. The Labute approximate surface area is 78.2 Å². The molecule has 1 N–H and O–H groups in total. The molecular weight excluding hydrogens is 168 g/mol. The molecule has 0 spiro atoms. The van der Waals surface area contributed by atoms with Gasteiger partial charge in [-0.1, -0.05) is 6.92 Å². The minimum atomic E-state index is -0.404. The van der Waals surface area contributed by atoms with E-state index in [-0.39, 0.29) is 0 Å². The molecule has 74 valence electrons. The monoisotopic (exact) mass is 190 g/mol. The molecule has 0 saturated carbocycles. The van der Waals surface area contributed by atoms with Gasteiger partial charge in [-0.25, -0.2) is 10.7 Å². The van der Waals surface area contributed by atoms with Crippen molar-refractivity contribution >= 4 is 10.7 Å². The van der Waals surface area contributed by atoms with Crippen molar-refractivity contribution < 1.29 is 0 Å². The summed E-state index contributed by atoms with van der Waals surface area (Å²) >= 11 is 0. The van der Waals surface area contributed by atoms with Crippen molar-refractivity contribution in [1.82, 2.24) is 5.32 Å². The van der Waals surface area contributed by atoms with Crippen molar-refractivity contribution in [3.63, 3.8) is 0 Å². The molecular formula is C9H22N2S. The molecule has 12 heavy (non-hydrogen) atoms. The third kappa shape index (κ3) is 2.87. The summed E-state index contributed by atoms with van der Waals surface area (Å²) in [6.45, 7) is 5.73. The minimum Gasteiger partial charge on any atom is -0.312 e. The molecule has 0 bridgehead atoms. The fourth-order valence-corrected chi connectivity index (χ4v) is 2.71. The lowest BCUT2D eigenvalue weighted by Crippen LogP contribution is -2.45. The molecule has 3 heteroatoms. The zero-order valence-corrected chi connectivity index (χ0v) is 9.59. The van der Waals surface area contributed by atoms with E-state index in [4.69, 9.17) is 4.36 Å². The van der Waals surface area contributed by atoms with Crippen LogP contribution in [0.3, 0.4) is 0 Å². The molecule has 2 nitrogen and oxygen atoms in total. The van der Waals surface area contributed by atoms with Gasteiger partial charge in [0.2, 0.25) is 0 Å². The highest BCUT2D eigenvalue weighted by molar-refractivity contribution is 7.85. The van der Waals surface area contributed by atoms with E-state index in [0.29, 0.717) is 12.1 Å². The van der Waals surface area contributed by atoms with Crippen LogP contribution in [0.1, 0.15) is 20.3 Å². The molecule has 3 unspecified atom stereocenters. The maximum Gasteiger partial charge on any atom is 0.0698 e. The Morgan fingerprint density at radius 1 is 1.33 bits per heavy atom. The first kappa shape index (κ1) is 10.2. The number of nitrogens with one attached hydrogen (secondary N) is 1. The average molecular weight is 190 g/mol. The Balaban J connectivity index is 2.55. The SMILES string of the molecule is CC1CNC(C)C(N=[SH2](C)C)C1. The molecule has 1 heterocycles. The van der Waals surface area contributed by atoms with Crippen LogP contribution in [0.15, 0.2) is 4.36 Å². The van der Waals surface area contributed by atoms with Crippen molar-refractivity contribution in [3.05, 3.63) is 0 Å². The van der Waals surface area contributed by atoms with Crippen LogP contribution < -0.4 is 5.32 Å². The molecule has 0 radical (unpaired) electrons. The third-order valence-corrected chi connectivity index (χ3v) is 3.28. The summed E-state index contributed by atoms with van der Waals surface area (Å²) in [6, 6.07) is 1.18. The topological polar surface area (TPSA) is 24.4 Å². The van der Waals surface area contributed by atoms with Gasteiger partial charge >= 0.3 is 0 Å². The van der Waals surface area contributed by atoms with Crippen molar-refractivity contribution in [2.45, 2.75) is 32.4 Å². The van der Waals surface area contributed by atoms with Crippen LogP contribution in [0.2, 0.25) is 0 Å². The lowest BCUT2D eigenvalue weighted by Gasteiger charge is -2.31. The summed E-state index contributed by atoms with van der Waals surface area (Å²) in [6.07, 6.45) is 5.80. The number of hydrogen-bond donors (Lipinski definition) is 1. The summed E-state index contributed by atoms with van der Waals surface area (Å²) in [5, 5.41) is 3.51. The Bertz CT molecular complexity index is 175. The van der Waals surface area contributed by atoms with E-state index in [1.54, 1.807) is 0 Å². The van der Waals surface area contributed by atoms with Gasteiger partial charge in [0.05, 0.1) is 6.04 Å². The van der Waals surface area contributed by atoms with Crippen molar-refractivity contribution in [2.24, 2.45) is 10.3 Å². The second-order valence-corrected chi connectivity index (χ2v) is 6.33. The average Bonchev–Trinajstić information content (AvgIpc) is 1.96. The second kappa shape index (κ2) is 4.38. The van der Waals surface area contributed by atoms with Gasteiger partial charge in [0.15, 0.2) is 0 Å². The van der Waals surface area contributed by atoms with Crippen LogP contribution in [-0.2, 0) is 10.7 Å². The van der Waals surface area contributed by atoms with E-state index < -0.39 is 10.7 Å². The molecule has 1 saturated heterocycles. The van der Waals surface area contributed by atoms with Crippen molar-refractivity contribution in [3.8, 4) is 0 Å². The Morgan fingerprint density at radius 3 is 2.58 bits per heavy atom. The van der Waals surface area contributed by atoms with Gasteiger partial charge in [0.1, 0.15) is 0 Å². The molecule has 1 aliphatic rings. The van der Waals surface area contributed by atoms with Gasteiger partial charge < -0.3 is 5.32 Å². The summed E-state index contributed by atoms with van der Waals surface area (Å²) in [5.74, 6) is 0.802. The predicted octanol–water partition coefficient (Wildman–Crippen LogP) is 0.899. The predicted molar refractivity (Wildman–Crippen MR) is 59.5 cm³/mol. The van der Waals surface area contributed by atoms with Crippen LogP contribution in [-0.4, -0.2) is 31.1 Å². The largest absolute Gasteiger partial charge is 0.312 e. The zero-order valence-electron chi connectivity index (χ0n) is 8.59. The molecule has 0 aromatic carbocycles. The number of nitrogens with zero attached hydrogens (tertiary/aromatic N) is 1. The molecule has 0 amide bonds. The van der Waals surface area contributed by atoms with E-state index in [9.17, 15) is 0 Å².